The highest BCUT2D eigenvalue weighted by Crippen LogP contribution is 2.33. The second kappa shape index (κ2) is 9.28. The van der Waals surface area contributed by atoms with Crippen molar-refractivity contribution >= 4 is 33.3 Å². The van der Waals surface area contributed by atoms with Crippen LogP contribution in [0.1, 0.15) is 77.8 Å². The second-order valence-corrected chi connectivity index (χ2v) is 7.26. The zero-order valence-corrected chi connectivity index (χ0v) is 16.5. The predicted molar refractivity (Wildman–Crippen MR) is 123 cm³/mol. The molecular formula is C23H28FN5OS. The Bertz CT molecular complexity index is 1810. The van der Waals surface area contributed by atoms with E-state index in [1.165, 1.54) is 0 Å². The molecule has 8 heteroatoms. The smallest absolute Gasteiger partial charge is 0.254 e. The Kier molecular flexibility index (Phi) is 2.42. The molecule has 2 N–H and O–H groups in total. The lowest BCUT2D eigenvalue weighted by Gasteiger charge is -2.32. The van der Waals surface area contributed by atoms with Gasteiger partial charge in [-0.15, -0.1) is 11.3 Å². The number of hydrogen-bond acceptors (Lipinski definition) is 6. The fraction of sp³-hybridized carbons (Fsp3) is 0.435. The number of likely N-dealkylation sites (tertiary alicyclic amines) is 1. The Balaban J connectivity index is 1.80. The zero-order chi connectivity index (χ0) is 39.2. The number of thiophene rings is 1. The molecule has 0 radical (unpaired) electrons. The summed E-state index contributed by atoms with van der Waals surface area (Å²) < 4.78 is 178. The summed E-state index contributed by atoms with van der Waals surface area (Å²) in [5.41, 5.74) is -1.17. The van der Waals surface area contributed by atoms with E-state index in [0.29, 0.717) is 6.07 Å². The number of nitrogens with one attached hydrogen (secondary N) is 2. The molecule has 4 rings (SSSR count). The van der Waals surface area contributed by atoms with Crippen LogP contribution >= 0.6 is 11.3 Å². The summed E-state index contributed by atoms with van der Waals surface area (Å²) in [5, 5.41) is -1.18. The summed E-state index contributed by atoms with van der Waals surface area (Å²) in [6.07, 6.45) is -7.24. The summed E-state index contributed by atoms with van der Waals surface area (Å²) in [6.45, 7) is -14.1. The molecule has 164 valence electrons. The highest BCUT2D eigenvalue weighted by atomic mass is 32.1. The van der Waals surface area contributed by atoms with E-state index in [4.69, 9.17) is 27.5 Å². The summed E-state index contributed by atoms with van der Waals surface area (Å²) in [4.78, 5) is 19.5. The molecule has 0 spiro atoms. The van der Waals surface area contributed by atoms with Gasteiger partial charge in [-0.1, -0.05) is 19.8 Å². The number of piperidine rings is 1. The molecule has 0 bridgehead atoms. The Hall–Kier alpha value is -2.58. The highest BCUT2D eigenvalue weighted by molar-refractivity contribution is 7.18. The molecule has 2 aromatic heterocycles. The van der Waals surface area contributed by atoms with Gasteiger partial charge >= 0.3 is 0 Å². The first-order valence-corrected chi connectivity index (χ1v) is 9.53. The summed E-state index contributed by atoms with van der Waals surface area (Å²) in [5.74, 6) is -7.18. The number of benzene rings is 1. The minimum atomic E-state index is -3.55. The average molecular weight is 462 g/mol. The van der Waals surface area contributed by atoms with Crippen molar-refractivity contribution in [1.29, 1.82) is 0 Å². The lowest BCUT2D eigenvalue weighted by molar-refractivity contribution is 0.0959. The van der Waals surface area contributed by atoms with Crippen LogP contribution in [0.15, 0.2) is 30.5 Å². The van der Waals surface area contributed by atoms with Crippen molar-refractivity contribution in [3.63, 3.8) is 0 Å². The third-order valence-electron chi connectivity index (χ3n) is 4.18. The Morgan fingerprint density at radius 3 is 3.16 bits per heavy atom. The van der Waals surface area contributed by atoms with Gasteiger partial charge in [0.05, 0.1) is 13.7 Å². The average Bonchev–Trinajstić information content (AvgIpc) is 3.31. The fourth-order valence-corrected chi connectivity index (χ4v) is 3.52. The van der Waals surface area contributed by atoms with Gasteiger partial charge in [0.25, 0.3) is 5.91 Å². The monoisotopic (exact) mass is 461 g/mol. The number of carbonyl (C=O) groups is 1. The summed E-state index contributed by atoms with van der Waals surface area (Å²) in [7, 11) is 0. The minimum Gasteiger partial charge on any atom is -0.367 e. The number of amides is 1. The van der Waals surface area contributed by atoms with Gasteiger partial charge in [0.1, 0.15) is 24.1 Å². The Morgan fingerprint density at radius 2 is 2.39 bits per heavy atom. The van der Waals surface area contributed by atoms with Crippen LogP contribution in [0.5, 0.6) is 0 Å². The molecule has 1 aliphatic rings. The zero-order valence-electron chi connectivity index (χ0n) is 35.7. The van der Waals surface area contributed by atoms with Crippen LogP contribution < -0.4 is 10.6 Å². The standard InChI is InChI=1S/C23H28FN5OS/c1-14(2)20-11-18-21(26-13-27-23(18)31-20)28-16-6-8-29(9-7-16)12-15-4-5-19(24)17(10-15)22(30)25-3/h4-5,10-11,13-14,16H,6-9,12H2,1-3H3,(H,25,30)(H,26,27,28)/i1D3,2D3,3D3,6D2,7D2,11D,12D,13D,14D,16D/hD2. The predicted octanol–water partition coefficient (Wildman–Crippen LogP) is 4.39. The van der Waals surface area contributed by atoms with Crippen molar-refractivity contribution in [2.45, 2.75) is 44.9 Å². The SMILES string of the molecule is [2H]c1nc(N([2H])C2([2H])C([2H])([2H])CN(C([2H])c3ccc(F)c(C(=O)N([2H])C([2H])([2H])[2H])c3)CC2([2H])[2H])c2c([2H])c(C([2H])(C([2H])([2H])[2H])C([2H])([2H])[2H])sc2n1. The molecule has 1 atom stereocenters. The van der Waals surface area contributed by atoms with E-state index in [1.807, 2.05) is 0 Å². The number of carbonyl (C=O) groups excluding carboxylic acids is 1. The maximum absolute atomic E-state index is 14.6. The third-order valence-corrected chi connectivity index (χ3v) is 5.18. The number of aromatic nitrogens is 2. The lowest BCUT2D eigenvalue weighted by Crippen LogP contribution is -2.38. The van der Waals surface area contributed by atoms with Crippen LogP contribution in [0.4, 0.5) is 10.2 Å². The quantitative estimate of drug-likeness (QED) is 0.570. The van der Waals surface area contributed by atoms with Crippen molar-refractivity contribution in [1.82, 2.24) is 20.2 Å². The van der Waals surface area contributed by atoms with Gasteiger partial charge in [0, 0.05) is 58.0 Å². The number of rotatable bonds is 6. The van der Waals surface area contributed by atoms with Crippen molar-refractivity contribution in [2.75, 3.05) is 25.4 Å². The molecule has 1 aromatic carbocycles. The first kappa shape index (κ1) is 8.08. The van der Waals surface area contributed by atoms with Crippen LogP contribution in [0, 0.1) is 5.82 Å². The van der Waals surface area contributed by atoms with E-state index < -0.39 is 121 Å². The first-order chi connectivity index (χ1) is 22.8. The Morgan fingerprint density at radius 1 is 1.55 bits per heavy atom. The van der Waals surface area contributed by atoms with Crippen molar-refractivity contribution in [3.05, 3.63) is 52.4 Å². The van der Waals surface area contributed by atoms with Gasteiger partial charge in [-0.25, -0.2) is 14.4 Å². The van der Waals surface area contributed by atoms with Crippen molar-refractivity contribution < 1.29 is 36.7 Å². The molecule has 1 aliphatic heterocycles. The first-order valence-electron chi connectivity index (χ1n) is 18.7. The lowest BCUT2D eigenvalue weighted by atomic mass is 10.0. The molecular weight excluding hydrogens is 413 g/mol. The van der Waals surface area contributed by atoms with E-state index in [9.17, 15) is 9.18 Å². The van der Waals surface area contributed by atoms with Gasteiger partial charge in [-0.3, -0.25) is 9.69 Å². The maximum atomic E-state index is 14.6. The molecule has 1 amide bonds. The number of anilines is 1. The molecule has 0 aliphatic carbocycles. The number of fused-ring (bicyclic) bond motifs is 1. The highest BCUT2D eigenvalue weighted by Gasteiger charge is 2.21. The van der Waals surface area contributed by atoms with Gasteiger partial charge in [0.2, 0.25) is 0 Å². The fourth-order valence-electron chi connectivity index (χ4n) is 2.74. The van der Waals surface area contributed by atoms with E-state index in [0.717, 1.165) is 17.0 Å². The topological polar surface area (TPSA) is 70.2 Å². The van der Waals surface area contributed by atoms with Crippen LogP contribution in [0.3, 0.4) is 0 Å². The number of halogens is 1. The summed E-state index contributed by atoms with van der Waals surface area (Å²) in [6, 6.07) is -1.89. The van der Waals surface area contributed by atoms with E-state index >= 15 is 0 Å². The van der Waals surface area contributed by atoms with E-state index in [-0.39, 0.29) is 22.2 Å². The van der Waals surface area contributed by atoms with Crippen molar-refractivity contribution in [3.8, 4) is 0 Å². The minimum absolute atomic E-state index is 0.0808. The van der Waals surface area contributed by atoms with Crippen molar-refractivity contribution in [2.24, 2.45) is 0 Å². The number of hydrogen-bond donors (Lipinski definition) is 2. The molecule has 1 fully saturated rings. The third kappa shape index (κ3) is 4.85. The maximum Gasteiger partial charge on any atom is 0.254 e. The normalized spacial score (nSPS) is 31.8. The second-order valence-electron chi connectivity index (χ2n) is 6.26. The molecule has 3 aromatic rings. The van der Waals surface area contributed by atoms with Crippen LogP contribution in [-0.4, -0.2) is 46.9 Å². The Labute approximate surface area is 214 Å². The van der Waals surface area contributed by atoms with E-state index in [2.05, 4.69) is 9.97 Å². The van der Waals surface area contributed by atoms with Gasteiger partial charge < -0.3 is 10.6 Å². The van der Waals surface area contributed by atoms with Crippen LogP contribution in [0.2, 0.25) is 2.82 Å². The van der Waals surface area contributed by atoms with Gasteiger partial charge in [-0.05, 0) is 42.4 Å². The molecule has 1 saturated heterocycles. The van der Waals surface area contributed by atoms with Gasteiger partial charge in [-0.2, -0.15) is 0 Å². The number of nitrogens with zero attached hydrogens (tertiary/aromatic N) is 3. The van der Waals surface area contributed by atoms with Crippen LogP contribution in [-0.2, 0) is 6.52 Å². The molecule has 1 unspecified atom stereocenters. The largest absolute Gasteiger partial charge is 0.367 e. The van der Waals surface area contributed by atoms with E-state index in [1.54, 1.807) is 0 Å². The molecule has 3 heterocycles. The molecule has 31 heavy (non-hydrogen) atoms. The molecule has 6 nitrogen and oxygen atoms in total. The molecule has 0 saturated carbocycles. The van der Waals surface area contributed by atoms with Gasteiger partial charge in [0.15, 0.2) is 2.82 Å². The summed E-state index contributed by atoms with van der Waals surface area (Å²) >= 11 is 0.230. The van der Waals surface area contributed by atoms with Crippen LogP contribution in [0.25, 0.3) is 10.2 Å².